The van der Waals surface area contributed by atoms with Gasteiger partial charge < -0.3 is 15.2 Å². The SMILES string of the molecule is CC1OCCC1(C)NC(=O)N(C)c1ccccc1C(=O)O. The van der Waals surface area contributed by atoms with Crippen molar-refractivity contribution in [1.82, 2.24) is 5.32 Å². The van der Waals surface area contributed by atoms with Gasteiger partial charge in [-0.15, -0.1) is 0 Å². The second-order valence-electron chi connectivity index (χ2n) is 5.49. The number of rotatable bonds is 3. The van der Waals surface area contributed by atoms with E-state index in [9.17, 15) is 14.7 Å². The third-order valence-corrected chi connectivity index (χ3v) is 4.08. The molecule has 2 amide bonds. The number of urea groups is 1. The van der Waals surface area contributed by atoms with Crippen molar-refractivity contribution in [3.8, 4) is 0 Å². The minimum atomic E-state index is -1.06. The fourth-order valence-corrected chi connectivity index (χ4v) is 2.38. The maximum absolute atomic E-state index is 12.4. The van der Waals surface area contributed by atoms with E-state index in [2.05, 4.69) is 5.32 Å². The van der Waals surface area contributed by atoms with Gasteiger partial charge in [0.2, 0.25) is 0 Å². The van der Waals surface area contributed by atoms with Gasteiger partial charge in [-0.3, -0.25) is 4.90 Å². The van der Waals surface area contributed by atoms with Crippen molar-refractivity contribution in [1.29, 1.82) is 0 Å². The molecule has 1 aromatic rings. The molecular weight excluding hydrogens is 272 g/mol. The van der Waals surface area contributed by atoms with Crippen molar-refractivity contribution in [2.45, 2.75) is 31.9 Å². The lowest BCUT2D eigenvalue weighted by molar-refractivity contribution is 0.0697. The molecule has 0 saturated carbocycles. The largest absolute Gasteiger partial charge is 0.478 e. The Kier molecular flexibility index (Phi) is 4.18. The zero-order valence-electron chi connectivity index (χ0n) is 12.4. The minimum Gasteiger partial charge on any atom is -0.478 e. The Balaban J connectivity index is 2.18. The normalized spacial score (nSPS) is 24.6. The zero-order chi connectivity index (χ0) is 15.6. The van der Waals surface area contributed by atoms with Crippen LogP contribution in [0.1, 0.15) is 30.6 Å². The van der Waals surface area contributed by atoms with Gasteiger partial charge in [0.15, 0.2) is 0 Å². The summed E-state index contributed by atoms with van der Waals surface area (Å²) in [4.78, 5) is 24.9. The lowest BCUT2D eigenvalue weighted by Crippen LogP contribution is -2.54. The van der Waals surface area contributed by atoms with E-state index in [0.29, 0.717) is 12.3 Å². The molecule has 2 unspecified atom stereocenters. The van der Waals surface area contributed by atoms with E-state index in [4.69, 9.17) is 4.74 Å². The second kappa shape index (κ2) is 5.73. The van der Waals surface area contributed by atoms with Gasteiger partial charge in [-0.2, -0.15) is 0 Å². The van der Waals surface area contributed by atoms with Crippen LogP contribution in [-0.4, -0.2) is 42.4 Å². The summed E-state index contributed by atoms with van der Waals surface area (Å²) >= 11 is 0. The monoisotopic (exact) mass is 292 g/mol. The van der Waals surface area contributed by atoms with E-state index in [-0.39, 0.29) is 17.7 Å². The summed E-state index contributed by atoms with van der Waals surface area (Å²) in [5.74, 6) is -1.06. The Hall–Kier alpha value is -2.08. The molecule has 2 atom stereocenters. The minimum absolute atomic E-state index is 0.0791. The molecule has 1 aromatic carbocycles. The van der Waals surface area contributed by atoms with Gasteiger partial charge in [-0.25, -0.2) is 9.59 Å². The molecule has 2 rings (SSSR count). The fourth-order valence-electron chi connectivity index (χ4n) is 2.38. The predicted octanol–water partition coefficient (Wildman–Crippen LogP) is 2.10. The molecule has 2 N–H and O–H groups in total. The van der Waals surface area contributed by atoms with Crippen molar-refractivity contribution in [2.24, 2.45) is 0 Å². The van der Waals surface area contributed by atoms with Crippen LogP contribution in [0.2, 0.25) is 0 Å². The van der Waals surface area contributed by atoms with Crippen LogP contribution in [0.15, 0.2) is 24.3 Å². The van der Waals surface area contributed by atoms with Gasteiger partial charge in [-0.05, 0) is 32.4 Å². The van der Waals surface area contributed by atoms with E-state index in [1.165, 1.54) is 11.0 Å². The lowest BCUT2D eigenvalue weighted by Gasteiger charge is -2.31. The Morgan fingerprint density at radius 1 is 1.43 bits per heavy atom. The number of para-hydroxylation sites is 1. The van der Waals surface area contributed by atoms with Crippen molar-refractivity contribution in [3.63, 3.8) is 0 Å². The maximum Gasteiger partial charge on any atom is 0.337 e. The average Bonchev–Trinajstić information content (AvgIpc) is 2.77. The summed E-state index contributed by atoms with van der Waals surface area (Å²) in [6.45, 7) is 4.45. The number of carbonyl (C=O) groups excluding carboxylic acids is 1. The van der Waals surface area contributed by atoms with Gasteiger partial charge in [0.25, 0.3) is 0 Å². The van der Waals surface area contributed by atoms with Crippen molar-refractivity contribution >= 4 is 17.7 Å². The molecule has 21 heavy (non-hydrogen) atoms. The Morgan fingerprint density at radius 3 is 2.67 bits per heavy atom. The smallest absolute Gasteiger partial charge is 0.337 e. The molecule has 1 aliphatic heterocycles. The summed E-state index contributed by atoms with van der Waals surface area (Å²) < 4.78 is 5.49. The molecule has 0 spiro atoms. The van der Waals surface area contributed by atoms with Crippen LogP contribution in [0, 0.1) is 0 Å². The summed E-state index contributed by atoms with van der Waals surface area (Å²) in [7, 11) is 1.56. The van der Waals surface area contributed by atoms with Gasteiger partial charge in [0.05, 0.1) is 22.9 Å². The highest BCUT2D eigenvalue weighted by atomic mass is 16.5. The number of amides is 2. The quantitative estimate of drug-likeness (QED) is 0.894. The number of carboxylic acids is 1. The third kappa shape index (κ3) is 3.00. The molecule has 6 nitrogen and oxygen atoms in total. The molecule has 0 aliphatic carbocycles. The Bertz CT molecular complexity index is 560. The van der Waals surface area contributed by atoms with Crippen LogP contribution < -0.4 is 10.2 Å². The van der Waals surface area contributed by atoms with E-state index in [0.717, 1.165) is 6.42 Å². The molecular formula is C15H20N2O4. The molecule has 1 fully saturated rings. The number of carbonyl (C=O) groups is 2. The highest BCUT2D eigenvalue weighted by Crippen LogP contribution is 2.26. The number of nitrogens with zero attached hydrogens (tertiary/aromatic N) is 1. The highest BCUT2D eigenvalue weighted by molar-refractivity contribution is 6.01. The molecule has 1 aliphatic rings. The van der Waals surface area contributed by atoms with Crippen LogP contribution in [0.4, 0.5) is 10.5 Å². The summed E-state index contributed by atoms with van der Waals surface area (Å²) in [6, 6.07) is 6.08. The lowest BCUT2D eigenvalue weighted by atomic mass is 9.95. The molecule has 0 bridgehead atoms. The Morgan fingerprint density at radius 2 is 2.10 bits per heavy atom. The molecule has 0 aromatic heterocycles. The maximum atomic E-state index is 12.4. The van der Waals surface area contributed by atoms with Crippen LogP contribution in [0.3, 0.4) is 0 Å². The zero-order valence-corrected chi connectivity index (χ0v) is 12.4. The number of ether oxygens (including phenoxy) is 1. The van der Waals surface area contributed by atoms with Crippen molar-refractivity contribution in [3.05, 3.63) is 29.8 Å². The molecule has 1 heterocycles. The van der Waals surface area contributed by atoms with E-state index >= 15 is 0 Å². The van der Waals surface area contributed by atoms with Crippen LogP contribution in [0.25, 0.3) is 0 Å². The molecule has 1 saturated heterocycles. The fraction of sp³-hybridized carbons (Fsp3) is 0.467. The van der Waals surface area contributed by atoms with Gasteiger partial charge in [0.1, 0.15) is 0 Å². The number of hydrogen-bond donors (Lipinski definition) is 2. The molecule has 6 heteroatoms. The van der Waals surface area contributed by atoms with E-state index < -0.39 is 11.5 Å². The highest BCUT2D eigenvalue weighted by Gasteiger charge is 2.39. The van der Waals surface area contributed by atoms with Gasteiger partial charge in [-0.1, -0.05) is 12.1 Å². The Labute approximate surface area is 123 Å². The van der Waals surface area contributed by atoms with Crippen LogP contribution in [-0.2, 0) is 4.74 Å². The van der Waals surface area contributed by atoms with Crippen molar-refractivity contribution in [2.75, 3.05) is 18.6 Å². The number of carboxylic acid groups (broad SMARTS) is 1. The van der Waals surface area contributed by atoms with Crippen LogP contribution in [0.5, 0.6) is 0 Å². The van der Waals surface area contributed by atoms with E-state index in [1.54, 1.807) is 25.2 Å². The number of aromatic carboxylic acids is 1. The van der Waals surface area contributed by atoms with Gasteiger partial charge in [0, 0.05) is 13.7 Å². The van der Waals surface area contributed by atoms with Crippen molar-refractivity contribution < 1.29 is 19.4 Å². The van der Waals surface area contributed by atoms with E-state index in [1.807, 2.05) is 13.8 Å². The van der Waals surface area contributed by atoms with Crippen LogP contribution >= 0.6 is 0 Å². The molecule has 0 radical (unpaired) electrons. The summed E-state index contributed by atoms with van der Waals surface area (Å²) in [6.07, 6.45) is 0.651. The summed E-state index contributed by atoms with van der Waals surface area (Å²) in [5.41, 5.74) is 0.0115. The number of nitrogens with one attached hydrogen (secondary N) is 1. The van der Waals surface area contributed by atoms with Gasteiger partial charge >= 0.3 is 12.0 Å². The first-order valence-electron chi connectivity index (χ1n) is 6.85. The molecule has 114 valence electrons. The standard InChI is InChI=1S/C15H20N2O4/c1-10-15(2,8-9-21-10)16-14(20)17(3)12-7-5-4-6-11(12)13(18)19/h4-7,10H,8-9H2,1-3H3,(H,16,20)(H,18,19). The summed E-state index contributed by atoms with van der Waals surface area (Å²) in [5, 5.41) is 12.1. The first-order chi connectivity index (χ1) is 9.85. The average molecular weight is 292 g/mol. The number of benzene rings is 1. The third-order valence-electron chi connectivity index (χ3n) is 4.08. The predicted molar refractivity (Wildman–Crippen MR) is 78.8 cm³/mol. The first kappa shape index (κ1) is 15.3. The number of anilines is 1. The second-order valence-corrected chi connectivity index (χ2v) is 5.49. The topological polar surface area (TPSA) is 78.9 Å². The first-order valence-corrected chi connectivity index (χ1v) is 6.85. The number of hydrogen-bond acceptors (Lipinski definition) is 3.